The van der Waals surface area contributed by atoms with Gasteiger partial charge in [0, 0.05) is 16.5 Å². The fraction of sp³-hybridized carbons (Fsp3) is 0.214. The van der Waals surface area contributed by atoms with E-state index in [1.807, 2.05) is 6.92 Å². The second kappa shape index (κ2) is 6.21. The minimum atomic E-state index is -3.81. The molecule has 0 heterocycles. The van der Waals surface area contributed by atoms with E-state index >= 15 is 0 Å². The maximum absolute atomic E-state index is 11.8. The van der Waals surface area contributed by atoms with Crippen molar-refractivity contribution in [2.24, 2.45) is 5.14 Å². The molecular weight excluding hydrogens is 290 g/mol. The van der Waals surface area contributed by atoms with Crippen LogP contribution in [-0.2, 0) is 14.8 Å². The molecule has 0 unspecified atom stereocenters. The second-order valence-electron chi connectivity index (χ2n) is 4.53. The molecule has 0 saturated heterocycles. The van der Waals surface area contributed by atoms with Crippen LogP contribution in [0.5, 0.6) is 0 Å². The zero-order valence-corrected chi connectivity index (χ0v) is 12.4. The van der Waals surface area contributed by atoms with E-state index in [-0.39, 0.29) is 17.3 Å². The second-order valence-corrected chi connectivity index (χ2v) is 6.06. The summed E-state index contributed by atoms with van der Waals surface area (Å²) in [6, 6.07) is 9.85. The molecule has 0 fully saturated rings. The smallest absolute Gasteiger partial charge is 0.238 e. The van der Waals surface area contributed by atoms with Crippen LogP contribution in [0.3, 0.4) is 0 Å². The summed E-state index contributed by atoms with van der Waals surface area (Å²) in [6.45, 7) is 2.80. The van der Waals surface area contributed by atoms with Crippen molar-refractivity contribution < 1.29 is 13.2 Å². The van der Waals surface area contributed by atoms with Crippen molar-refractivity contribution in [3.8, 4) is 0 Å². The van der Waals surface area contributed by atoms with E-state index in [4.69, 9.17) is 5.14 Å². The van der Waals surface area contributed by atoms with E-state index < -0.39 is 10.0 Å². The number of rotatable bonds is 5. The highest BCUT2D eigenvalue weighted by molar-refractivity contribution is 7.89. The number of primary sulfonamides is 1. The Morgan fingerprint density at radius 2 is 1.81 bits per heavy atom. The Morgan fingerprint density at radius 1 is 1.14 bits per heavy atom. The van der Waals surface area contributed by atoms with E-state index in [1.165, 1.54) is 6.07 Å². The van der Waals surface area contributed by atoms with Crippen LogP contribution in [0.25, 0.3) is 10.8 Å². The van der Waals surface area contributed by atoms with Crippen LogP contribution in [0.4, 0.5) is 5.69 Å². The molecule has 0 aliphatic carbocycles. The molecule has 2 rings (SSSR count). The number of fused-ring (bicyclic) bond motifs is 1. The number of amides is 1. The molecule has 0 aliphatic rings. The number of nitrogens with one attached hydrogen (secondary N) is 2. The third kappa shape index (κ3) is 3.57. The molecule has 2 aromatic rings. The Balaban J connectivity index is 2.46. The molecule has 112 valence electrons. The van der Waals surface area contributed by atoms with Gasteiger partial charge in [-0.1, -0.05) is 31.2 Å². The fourth-order valence-electron chi connectivity index (χ4n) is 2.06. The molecular formula is C14H17N3O3S. The first kappa shape index (κ1) is 15.4. The van der Waals surface area contributed by atoms with Gasteiger partial charge >= 0.3 is 0 Å². The number of likely N-dealkylation sites (N-methyl/N-ethyl adjacent to an activating group) is 1. The molecule has 0 aromatic heterocycles. The predicted molar refractivity (Wildman–Crippen MR) is 82.5 cm³/mol. The lowest BCUT2D eigenvalue weighted by atomic mass is 10.1. The number of carbonyl (C=O) groups excluding carboxylic acids is 1. The van der Waals surface area contributed by atoms with Gasteiger partial charge < -0.3 is 10.6 Å². The summed E-state index contributed by atoms with van der Waals surface area (Å²) in [6.07, 6.45) is 0. The highest BCUT2D eigenvalue weighted by Crippen LogP contribution is 2.28. The summed E-state index contributed by atoms with van der Waals surface area (Å²) < 4.78 is 23.2. The molecule has 6 nitrogen and oxygen atoms in total. The molecule has 0 spiro atoms. The molecule has 0 bridgehead atoms. The molecule has 0 saturated carbocycles. The fourth-order valence-corrected chi connectivity index (χ4v) is 2.80. The van der Waals surface area contributed by atoms with Crippen LogP contribution >= 0.6 is 0 Å². The lowest BCUT2D eigenvalue weighted by Gasteiger charge is -2.11. The molecule has 0 atom stereocenters. The number of sulfonamides is 1. The van der Waals surface area contributed by atoms with Gasteiger partial charge in [0.2, 0.25) is 15.9 Å². The molecule has 4 N–H and O–H groups in total. The summed E-state index contributed by atoms with van der Waals surface area (Å²) >= 11 is 0. The molecule has 7 heteroatoms. The largest absolute Gasteiger partial charge is 0.324 e. The SMILES string of the molecule is CCNCC(=O)Nc1ccc(S(N)(=O)=O)c2ccccc12. The van der Waals surface area contributed by atoms with Gasteiger partial charge in [0.05, 0.1) is 11.4 Å². The van der Waals surface area contributed by atoms with Crippen molar-refractivity contribution in [1.29, 1.82) is 0 Å². The minimum absolute atomic E-state index is 0.0442. The minimum Gasteiger partial charge on any atom is -0.324 e. The number of carbonyl (C=O) groups is 1. The zero-order valence-electron chi connectivity index (χ0n) is 11.6. The van der Waals surface area contributed by atoms with Gasteiger partial charge in [0.25, 0.3) is 0 Å². The Kier molecular flexibility index (Phi) is 4.56. The number of benzene rings is 2. The predicted octanol–water partition coefficient (Wildman–Crippen LogP) is 1.04. The standard InChI is InChI=1S/C14H17N3O3S/c1-2-16-9-14(18)17-12-7-8-13(21(15,19)20)11-6-4-3-5-10(11)12/h3-8,16H,2,9H2,1H3,(H,17,18)(H2,15,19,20). The maximum atomic E-state index is 11.8. The van der Waals surface area contributed by atoms with Crippen molar-refractivity contribution in [3.05, 3.63) is 36.4 Å². The van der Waals surface area contributed by atoms with Gasteiger partial charge in [-0.3, -0.25) is 4.79 Å². The Labute approximate surface area is 123 Å². The first-order valence-corrected chi connectivity index (χ1v) is 8.03. The zero-order chi connectivity index (χ0) is 15.5. The van der Waals surface area contributed by atoms with E-state index in [2.05, 4.69) is 10.6 Å². The van der Waals surface area contributed by atoms with Crippen molar-refractivity contribution in [3.63, 3.8) is 0 Å². The van der Waals surface area contributed by atoms with Crippen LogP contribution in [0.1, 0.15) is 6.92 Å². The van der Waals surface area contributed by atoms with Gasteiger partial charge in [-0.15, -0.1) is 0 Å². The van der Waals surface area contributed by atoms with Gasteiger partial charge in [0.1, 0.15) is 0 Å². The van der Waals surface area contributed by atoms with Gasteiger partial charge in [-0.25, -0.2) is 13.6 Å². The monoisotopic (exact) mass is 307 g/mol. The van der Waals surface area contributed by atoms with E-state index in [1.54, 1.807) is 30.3 Å². The molecule has 0 radical (unpaired) electrons. The van der Waals surface area contributed by atoms with Gasteiger partial charge in [-0.05, 0) is 18.7 Å². The number of hydrogen-bond acceptors (Lipinski definition) is 4. The summed E-state index contributed by atoms with van der Waals surface area (Å²) in [4.78, 5) is 11.8. The first-order chi connectivity index (χ1) is 9.93. The Bertz CT molecular complexity index is 772. The molecule has 2 aromatic carbocycles. The highest BCUT2D eigenvalue weighted by atomic mass is 32.2. The summed E-state index contributed by atoms with van der Waals surface area (Å²) in [5, 5.41) is 12.0. The van der Waals surface area contributed by atoms with Crippen LogP contribution in [0, 0.1) is 0 Å². The quantitative estimate of drug-likeness (QED) is 0.768. The van der Waals surface area contributed by atoms with Gasteiger partial charge in [-0.2, -0.15) is 0 Å². The Hall–Kier alpha value is -1.96. The van der Waals surface area contributed by atoms with Crippen molar-refractivity contribution in [2.75, 3.05) is 18.4 Å². The summed E-state index contributed by atoms with van der Waals surface area (Å²) in [5.74, 6) is -0.189. The van der Waals surface area contributed by atoms with Crippen molar-refractivity contribution in [1.82, 2.24) is 5.32 Å². The number of nitrogens with two attached hydrogens (primary N) is 1. The molecule has 21 heavy (non-hydrogen) atoms. The van der Waals surface area contributed by atoms with Gasteiger partial charge in [0.15, 0.2) is 0 Å². The van der Waals surface area contributed by atoms with Crippen LogP contribution in [0.2, 0.25) is 0 Å². The third-order valence-electron chi connectivity index (χ3n) is 3.00. The Morgan fingerprint density at radius 3 is 2.43 bits per heavy atom. The van der Waals surface area contributed by atoms with Crippen LogP contribution in [-0.4, -0.2) is 27.4 Å². The molecule has 0 aliphatic heterocycles. The first-order valence-electron chi connectivity index (χ1n) is 6.48. The average molecular weight is 307 g/mol. The topological polar surface area (TPSA) is 101 Å². The normalized spacial score (nSPS) is 11.5. The van der Waals surface area contributed by atoms with E-state index in [0.29, 0.717) is 23.0 Å². The summed E-state index contributed by atoms with van der Waals surface area (Å²) in [5.41, 5.74) is 0.556. The highest BCUT2D eigenvalue weighted by Gasteiger charge is 2.15. The summed E-state index contributed by atoms with van der Waals surface area (Å²) in [7, 11) is -3.81. The average Bonchev–Trinajstić information content (AvgIpc) is 2.44. The van der Waals surface area contributed by atoms with Crippen molar-refractivity contribution in [2.45, 2.75) is 11.8 Å². The number of hydrogen-bond donors (Lipinski definition) is 3. The van der Waals surface area contributed by atoms with Crippen LogP contribution in [0.15, 0.2) is 41.3 Å². The van der Waals surface area contributed by atoms with E-state index in [0.717, 1.165) is 0 Å². The number of anilines is 1. The molecule has 1 amide bonds. The lowest BCUT2D eigenvalue weighted by molar-refractivity contribution is -0.115. The van der Waals surface area contributed by atoms with E-state index in [9.17, 15) is 13.2 Å². The van der Waals surface area contributed by atoms with Crippen LogP contribution < -0.4 is 15.8 Å². The maximum Gasteiger partial charge on any atom is 0.238 e. The van der Waals surface area contributed by atoms with Crippen molar-refractivity contribution >= 4 is 32.4 Å². The lowest BCUT2D eigenvalue weighted by Crippen LogP contribution is -2.27. The third-order valence-corrected chi connectivity index (χ3v) is 3.97.